The second kappa shape index (κ2) is 9.92. The first kappa shape index (κ1) is 19.9. The van der Waals surface area contributed by atoms with E-state index in [-0.39, 0.29) is 0 Å². The summed E-state index contributed by atoms with van der Waals surface area (Å²) >= 11 is 0. The normalized spacial score (nSPS) is 17.1. The number of H-pyrrole nitrogens is 1. The molecule has 1 aliphatic rings. The maximum Gasteiger partial charge on any atom is 0.0918 e. The molecular weight excluding hydrogens is 322 g/mol. The molecule has 0 bridgehead atoms. The van der Waals surface area contributed by atoms with Crippen LogP contribution in [-0.2, 0) is 6.54 Å². The first-order chi connectivity index (χ1) is 12.5. The van der Waals surface area contributed by atoms with Gasteiger partial charge >= 0.3 is 0 Å². The van der Waals surface area contributed by atoms with E-state index < -0.39 is 0 Å². The molecule has 1 unspecified atom stereocenters. The molecule has 3 rings (SSSR count). The molecule has 0 saturated carbocycles. The fourth-order valence-corrected chi connectivity index (χ4v) is 3.23. The number of nitrogens with one attached hydrogen (secondary N) is 4. The van der Waals surface area contributed by atoms with Crippen LogP contribution in [0.25, 0.3) is 10.9 Å². The number of nitrogens with zero attached hydrogens (tertiary/aromatic N) is 1. The lowest BCUT2D eigenvalue weighted by molar-refractivity contribution is 0.233. The van der Waals surface area contributed by atoms with Gasteiger partial charge in [-0.2, -0.15) is 0 Å². The Morgan fingerprint density at radius 2 is 2.15 bits per heavy atom. The Hall–Kier alpha value is -2.40. The van der Waals surface area contributed by atoms with Gasteiger partial charge in [-0.1, -0.05) is 12.7 Å². The predicted molar refractivity (Wildman–Crippen MR) is 113 cm³/mol. The van der Waals surface area contributed by atoms with Crippen molar-refractivity contribution in [2.45, 2.75) is 32.4 Å². The summed E-state index contributed by atoms with van der Waals surface area (Å²) < 4.78 is 0. The maximum absolute atomic E-state index is 4.11. The number of hydrogen-bond acceptors (Lipinski definition) is 4. The third-order valence-corrected chi connectivity index (χ3v) is 4.46. The van der Waals surface area contributed by atoms with Crippen molar-refractivity contribution in [2.24, 2.45) is 0 Å². The number of likely N-dealkylation sites (tertiary alicyclic amines) is 1. The van der Waals surface area contributed by atoms with Crippen molar-refractivity contribution in [3.05, 3.63) is 55.0 Å². The molecule has 0 spiro atoms. The average Bonchev–Trinajstić information content (AvgIpc) is 3.02. The van der Waals surface area contributed by atoms with Gasteiger partial charge in [0.25, 0.3) is 0 Å². The SMILES string of the molecule is C=C(NCc1cc2cc(NC)ccc2[nH]1)NC1CCCN(C)C1.C=CC. The largest absolute Gasteiger partial charge is 0.388 e. The molecule has 2 heterocycles. The van der Waals surface area contributed by atoms with E-state index in [9.17, 15) is 0 Å². The first-order valence-electron chi connectivity index (χ1n) is 9.30. The smallest absolute Gasteiger partial charge is 0.0918 e. The molecule has 5 heteroatoms. The van der Waals surface area contributed by atoms with Crippen LogP contribution in [0.15, 0.2) is 49.3 Å². The standard InChI is InChI=1S/C18H27N5.C3H6/c1-13(21-16-5-4-8-23(3)12-16)20-11-17-10-14-9-15(19-2)6-7-18(14)22-17;1-3-2/h6-7,9-10,16,19-22H,1,4-5,8,11-12H2,2-3H3;3H,1H2,2H3. The summed E-state index contributed by atoms with van der Waals surface area (Å²) in [5.41, 5.74) is 3.45. The fourth-order valence-electron chi connectivity index (χ4n) is 3.23. The molecule has 5 nitrogen and oxygen atoms in total. The average molecular weight is 356 g/mol. The van der Waals surface area contributed by atoms with Gasteiger partial charge in [0.05, 0.1) is 12.4 Å². The number of allylic oxidation sites excluding steroid dienone is 1. The van der Waals surface area contributed by atoms with Gasteiger partial charge in [0.2, 0.25) is 0 Å². The molecule has 0 aliphatic carbocycles. The summed E-state index contributed by atoms with van der Waals surface area (Å²) in [6.45, 7) is 12.4. The summed E-state index contributed by atoms with van der Waals surface area (Å²) in [5.74, 6) is 0.903. The molecular formula is C21H33N5. The minimum Gasteiger partial charge on any atom is -0.388 e. The zero-order valence-electron chi connectivity index (χ0n) is 16.4. The van der Waals surface area contributed by atoms with E-state index in [1.807, 2.05) is 14.0 Å². The lowest BCUT2D eigenvalue weighted by atomic mass is 10.1. The lowest BCUT2D eigenvalue weighted by Gasteiger charge is -2.31. The molecule has 1 aromatic heterocycles. The number of aromatic amines is 1. The van der Waals surface area contributed by atoms with Gasteiger partial charge in [-0.25, -0.2) is 0 Å². The number of likely N-dealkylation sites (N-methyl/N-ethyl adjacent to an activating group) is 1. The van der Waals surface area contributed by atoms with Gasteiger partial charge in [0.15, 0.2) is 0 Å². The molecule has 142 valence electrons. The topological polar surface area (TPSA) is 55.1 Å². The van der Waals surface area contributed by atoms with Gasteiger partial charge in [0.1, 0.15) is 0 Å². The van der Waals surface area contributed by atoms with Crippen molar-refractivity contribution < 1.29 is 0 Å². The molecule has 2 aromatic rings. The molecule has 1 aromatic carbocycles. The number of hydrogen-bond donors (Lipinski definition) is 4. The fraction of sp³-hybridized carbons (Fsp3) is 0.429. The van der Waals surface area contributed by atoms with Crippen LogP contribution in [0.4, 0.5) is 5.69 Å². The number of benzene rings is 1. The van der Waals surface area contributed by atoms with Gasteiger partial charge in [-0.15, -0.1) is 6.58 Å². The Morgan fingerprint density at radius 3 is 2.85 bits per heavy atom. The van der Waals surface area contributed by atoms with Crippen LogP contribution in [0.2, 0.25) is 0 Å². The van der Waals surface area contributed by atoms with E-state index >= 15 is 0 Å². The summed E-state index contributed by atoms with van der Waals surface area (Å²) in [6.07, 6.45) is 4.21. The molecule has 0 radical (unpaired) electrons. The number of rotatable bonds is 6. The minimum atomic E-state index is 0.495. The molecule has 26 heavy (non-hydrogen) atoms. The van der Waals surface area contributed by atoms with Crippen LogP contribution in [0.3, 0.4) is 0 Å². The van der Waals surface area contributed by atoms with Crippen LogP contribution < -0.4 is 16.0 Å². The quantitative estimate of drug-likeness (QED) is 0.598. The third kappa shape index (κ3) is 5.85. The second-order valence-corrected chi connectivity index (χ2v) is 6.83. The summed E-state index contributed by atoms with van der Waals surface area (Å²) in [5, 5.41) is 11.3. The highest BCUT2D eigenvalue weighted by Crippen LogP contribution is 2.20. The number of anilines is 1. The van der Waals surface area contributed by atoms with E-state index in [1.54, 1.807) is 6.08 Å². The first-order valence-corrected chi connectivity index (χ1v) is 9.30. The van der Waals surface area contributed by atoms with Crippen LogP contribution in [0, 0.1) is 0 Å². The maximum atomic E-state index is 4.11. The summed E-state index contributed by atoms with van der Waals surface area (Å²) in [6, 6.07) is 9.02. The summed E-state index contributed by atoms with van der Waals surface area (Å²) in [7, 11) is 4.11. The highest BCUT2D eigenvalue weighted by atomic mass is 15.2. The Balaban J connectivity index is 0.000000758. The number of fused-ring (bicyclic) bond motifs is 1. The molecule has 1 fully saturated rings. The number of piperidine rings is 1. The van der Waals surface area contributed by atoms with E-state index in [0.29, 0.717) is 6.04 Å². The van der Waals surface area contributed by atoms with Crippen molar-refractivity contribution in [1.82, 2.24) is 20.5 Å². The highest BCUT2D eigenvalue weighted by Gasteiger charge is 2.16. The van der Waals surface area contributed by atoms with Crippen LogP contribution in [0.1, 0.15) is 25.5 Å². The third-order valence-electron chi connectivity index (χ3n) is 4.46. The van der Waals surface area contributed by atoms with E-state index in [1.165, 1.54) is 24.8 Å². The van der Waals surface area contributed by atoms with Crippen molar-refractivity contribution in [3.63, 3.8) is 0 Å². The molecule has 0 amide bonds. The molecule has 1 saturated heterocycles. The zero-order chi connectivity index (χ0) is 18.9. The van der Waals surface area contributed by atoms with E-state index in [4.69, 9.17) is 0 Å². The van der Waals surface area contributed by atoms with Gasteiger partial charge in [-0.3, -0.25) is 0 Å². The highest BCUT2D eigenvalue weighted by molar-refractivity contribution is 5.83. The van der Waals surface area contributed by atoms with Gasteiger partial charge < -0.3 is 25.8 Å². The Bertz CT molecular complexity index is 718. The Morgan fingerprint density at radius 1 is 1.38 bits per heavy atom. The monoisotopic (exact) mass is 355 g/mol. The predicted octanol–water partition coefficient (Wildman–Crippen LogP) is 3.65. The van der Waals surface area contributed by atoms with Crippen molar-refractivity contribution in [2.75, 3.05) is 32.5 Å². The lowest BCUT2D eigenvalue weighted by Crippen LogP contribution is -2.45. The zero-order valence-corrected chi connectivity index (χ0v) is 16.4. The molecule has 1 atom stereocenters. The summed E-state index contributed by atoms with van der Waals surface area (Å²) in [4.78, 5) is 5.81. The van der Waals surface area contributed by atoms with Crippen molar-refractivity contribution >= 4 is 16.6 Å². The minimum absolute atomic E-state index is 0.495. The molecule has 1 aliphatic heterocycles. The van der Waals surface area contributed by atoms with Crippen molar-refractivity contribution in [1.29, 1.82) is 0 Å². The van der Waals surface area contributed by atoms with Crippen LogP contribution in [0.5, 0.6) is 0 Å². The van der Waals surface area contributed by atoms with Crippen molar-refractivity contribution in [3.8, 4) is 0 Å². The Labute approximate surface area is 157 Å². The van der Waals surface area contributed by atoms with Crippen LogP contribution >= 0.6 is 0 Å². The second-order valence-electron chi connectivity index (χ2n) is 6.83. The van der Waals surface area contributed by atoms with Gasteiger partial charge in [0, 0.05) is 41.9 Å². The van der Waals surface area contributed by atoms with Gasteiger partial charge in [-0.05, 0) is 57.6 Å². The molecule has 4 N–H and O–H groups in total. The van der Waals surface area contributed by atoms with Crippen LogP contribution in [-0.4, -0.2) is 43.1 Å². The Kier molecular flexibility index (Phi) is 7.60. The van der Waals surface area contributed by atoms with E-state index in [2.05, 4.69) is 70.3 Å². The number of aromatic nitrogens is 1. The van der Waals surface area contributed by atoms with E-state index in [0.717, 1.165) is 35.8 Å².